The molecule has 3 rings (SSSR count). The quantitative estimate of drug-likeness (QED) is 0.789. The number of rotatable bonds is 3. The Hall–Kier alpha value is -2.67. The van der Waals surface area contributed by atoms with Crippen LogP contribution in [-0.4, -0.2) is 12.3 Å². The van der Waals surface area contributed by atoms with E-state index in [1.807, 2.05) is 0 Å². The lowest BCUT2D eigenvalue weighted by atomic mass is 10.1. The second-order valence-electron chi connectivity index (χ2n) is 4.92. The molecule has 8 heteroatoms. The Balaban J connectivity index is 1.77. The Morgan fingerprint density at radius 3 is 2.50 bits per heavy atom. The molecule has 2 aromatic rings. The van der Waals surface area contributed by atoms with Gasteiger partial charge in [-0.2, -0.15) is 0 Å². The standard InChI is InChI=1S/C16H10ClF3N2O2/c17-9-1-6-14-12(7-9)13(15(23)22-14)8-21-10-2-4-11(5-3-10)24-16(18,19)20/h1-8,21H,(H,22,23)/b13-8-. The Morgan fingerprint density at radius 2 is 1.83 bits per heavy atom. The maximum atomic E-state index is 12.1. The monoisotopic (exact) mass is 354 g/mol. The molecule has 0 bridgehead atoms. The summed E-state index contributed by atoms with van der Waals surface area (Å²) in [5, 5.41) is 6.05. The van der Waals surface area contributed by atoms with Gasteiger partial charge in [-0.25, -0.2) is 0 Å². The van der Waals surface area contributed by atoms with E-state index in [4.69, 9.17) is 11.6 Å². The minimum Gasteiger partial charge on any atom is -0.406 e. The van der Waals surface area contributed by atoms with Gasteiger partial charge in [0.25, 0.3) is 5.91 Å². The predicted molar refractivity (Wildman–Crippen MR) is 84.8 cm³/mol. The average Bonchev–Trinajstić information content (AvgIpc) is 2.80. The van der Waals surface area contributed by atoms with Gasteiger partial charge in [-0.3, -0.25) is 4.79 Å². The number of alkyl halides is 3. The zero-order valence-electron chi connectivity index (χ0n) is 11.9. The van der Waals surface area contributed by atoms with Gasteiger partial charge in [0, 0.05) is 28.2 Å². The SMILES string of the molecule is O=C1Nc2ccc(Cl)cc2/C1=C/Nc1ccc(OC(F)(F)F)cc1. The molecule has 124 valence electrons. The van der Waals surface area contributed by atoms with E-state index >= 15 is 0 Å². The highest BCUT2D eigenvalue weighted by Crippen LogP contribution is 2.33. The lowest BCUT2D eigenvalue weighted by Gasteiger charge is -2.09. The largest absolute Gasteiger partial charge is 0.573 e. The van der Waals surface area contributed by atoms with Crippen molar-refractivity contribution in [1.82, 2.24) is 0 Å². The highest BCUT2D eigenvalue weighted by Gasteiger charge is 2.31. The highest BCUT2D eigenvalue weighted by molar-refractivity contribution is 6.34. The number of carbonyl (C=O) groups excluding carboxylic acids is 1. The number of benzene rings is 2. The van der Waals surface area contributed by atoms with Gasteiger partial charge in [0.2, 0.25) is 0 Å². The van der Waals surface area contributed by atoms with Crippen LogP contribution < -0.4 is 15.4 Å². The van der Waals surface area contributed by atoms with Gasteiger partial charge in [-0.1, -0.05) is 11.6 Å². The molecule has 24 heavy (non-hydrogen) atoms. The highest BCUT2D eigenvalue weighted by atomic mass is 35.5. The summed E-state index contributed by atoms with van der Waals surface area (Å²) in [6.07, 6.45) is -3.26. The van der Waals surface area contributed by atoms with Crippen molar-refractivity contribution >= 4 is 34.5 Å². The van der Waals surface area contributed by atoms with Crippen molar-refractivity contribution in [2.75, 3.05) is 10.6 Å². The van der Waals surface area contributed by atoms with Gasteiger partial charge in [-0.05, 0) is 42.5 Å². The van der Waals surface area contributed by atoms with E-state index in [0.29, 0.717) is 27.5 Å². The second-order valence-corrected chi connectivity index (χ2v) is 5.35. The van der Waals surface area contributed by atoms with Crippen molar-refractivity contribution in [3.8, 4) is 5.75 Å². The van der Waals surface area contributed by atoms with Crippen molar-refractivity contribution < 1.29 is 22.7 Å². The Labute approximate surface area is 139 Å². The number of anilines is 2. The number of hydrogen-bond acceptors (Lipinski definition) is 3. The maximum absolute atomic E-state index is 12.1. The number of halogens is 4. The fourth-order valence-electron chi connectivity index (χ4n) is 2.21. The first-order chi connectivity index (χ1) is 11.3. The third kappa shape index (κ3) is 3.62. The van der Waals surface area contributed by atoms with Crippen LogP contribution in [0.5, 0.6) is 5.75 Å². The summed E-state index contributed by atoms with van der Waals surface area (Å²) in [4.78, 5) is 12.0. The van der Waals surface area contributed by atoms with E-state index in [1.54, 1.807) is 18.2 Å². The Kier molecular flexibility index (Phi) is 4.11. The lowest BCUT2D eigenvalue weighted by molar-refractivity contribution is -0.274. The first-order valence-electron chi connectivity index (χ1n) is 6.76. The first kappa shape index (κ1) is 16.2. The van der Waals surface area contributed by atoms with Crippen LogP contribution in [0.2, 0.25) is 5.02 Å². The van der Waals surface area contributed by atoms with E-state index in [1.165, 1.54) is 30.5 Å². The van der Waals surface area contributed by atoms with Gasteiger partial charge < -0.3 is 15.4 Å². The first-order valence-corrected chi connectivity index (χ1v) is 7.13. The third-order valence-corrected chi connectivity index (χ3v) is 3.47. The van der Waals surface area contributed by atoms with E-state index in [-0.39, 0.29) is 11.7 Å². The molecular weight excluding hydrogens is 345 g/mol. The Morgan fingerprint density at radius 1 is 1.12 bits per heavy atom. The molecule has 0 atom stereocenters. The Bertz CT molecular complexity index is 817. The van der Waals surface area contributed by atoms with Crippen molar-refractivity contribution in [1.29, 1.82) is 0 Å². The molecule has 4 nitrogen and oxygen atoms in total. The van der Waals surface area contributed by atoms with Crippen LogP contribution in [-0.2, 0) is 4.79 Å². The summed E-state index contributed by atoms with van der Waals surface area (Å²) in [7, 11) is 0. The summed E-state index contributed by atoms with van der Waals surface area (Å²) in [6, 6.07) is 10.2. The zero-order chi connectivity index (χ0) is 17.3. The number of amides is 1. The minimum atomic E-state index is -4.73. The molecule has 1 amide bonds. The van der Waals surface area contributed by atoms with Crippen molar-refractivity contribution in [2.45, 2.75) is 6.36 Å². The molecule has 2 aromatic carbocycles. The maximum Gasteiger partial charge on any atom is 0.573 e. The molecule has 0 radical (unpaired) electrons. The van der Waals surface area contributed by atoms with Crippen LogP contribution in [0.4, 0.5) is 24.5 Å². The number of ether oxygens (including phenoxy) is 1. The fraction of sp³-hybridized carbons (Fsp3) is 0.0625. The molecule has 0 fully saturated rings. The van der Waals surface area contributed by atoms with Gasteiger partial charge in [0.05, 0.1) is 5.57 Å². The molecule has 0 unspecified atom stereocenters. The summed E-state index contributed by atoms with van der Waals surface area (Å²) < 4.78 is 40.1. The molecule has 2 N–H and O–H groups in total. The molecule has 1 heterocycles. The van der Waals surface area contributed by atoms with Crippen LogP contribution in [0.25, 0.3) is 5.57 Å². The van der Waals surface area contributed by atoms with Crippen LogP contribution in [0.1, 0.15) is 5.56 Å². The summed E-state index contributed by atoms with van der Waals surface area (Å²) in [5.41, 5.74) is 2.17. The van der Waals surface area contributed by atoms with E-state index in [0.717, 1.165) is 0 Å². The second kappa shape index (κ2) is 6.09. The van der Waals surface area contributed by atoms with E-state index in [9.17, 15) is 18.0 Å². The molecule has 0 aromatic heterocycles. The number of carbonyl (C=O) groups is 1. The van der Waals surface area contributed by atoms with E-state index < -0.39 is 6.36 Å². The van der Waals surface area contributed by atoms with Gasteiger partial charge in [0.1, 0.15) is 5.75 Å². The molecular formula is C16H10ClF3N2O2. The summed E-state index contributed by atoms with van der Waals surface area (Å²) in [6.45, 7) is 0. The number of fused-ring (bicyclic) bond motifs is 1. The van der Waals surface area contributed by atoms with Crippen LogP contribution in [0.3, 0.4) is 0 Å². The number of hydrogen-bond donors (Lipinski definition) is 2. The number of nitrogens with one attached hydrogen (secondary N) is 2. The van der Waals surface area contributed by atoms with E-state index in [2.05, 4.69) is 15.4 Å². The summed E-state index contributed by atoms with van der Waals surface area (Å²) >= 11 is 5.93. The van der Waals surface area contributed by atoms with Crippen LogP contribution >= 0.6 is 11.6 Å². The molecule has 1 aliphatic rings. The van der Waals surface area contributed by atoms with Crippen LogP contribution in [0, 0.1) is 0 Å². The topological polar surface area (TPSA) is 50.4 Å². The average molecular weight is 355 g/mol. The summed E-state index contributed by atoms with van der Waals surface area (Å²) in [5.74, 6) is -0.617. The zero-order valence-corrected chi connectivity index (χ0v) is 12.7. The van der Waals surface area contributed by atoms with Crippen molar-refractivity contribution in [3.63, 3.8) is 0 Å². The fourth-order valence-corrected chi connectivity index (χ4v) is 2.38. The van der Waals surface area contributed by atoms with Crippen molar-refractivity contribution in [2.24, 2.45) is 0 Å². The van der Waals surface area contributed by atoms with Gasteiger partial charge >= 0.3 is 6.36 Å². The molecule has 1 aliphatic heterocycles. The molecule has 0 saturated heterocycles. The lowest BCUT2D eigenvalue weighted by Crippen LogP contribution is -2.16. The molecule has 0 spiro atoms. The molecule has 0 aliphatic carbocycles. The van der Waals surface area contributed by atoms with Crippen molar-refractivity contribution in [3.05, 3.63) is 59.3 Å². The third-order valence-electron chi connectivity index (χ3n) is 3.24. The molecule has 0 saturated carbocycles. The predicted octanol–water partition coefficient (Wildman–Crippen LogP) is 4.64. The minimum absolute atomic E-state index is 0.295. The smallest absolute Gasteiger partial charge is 0.406 e. The normalized spacial score (nSPS) is 15.2. The van der Waals surface area contributed by atoms with Crippen LogP contribution in [0.15, 0.2) is 48.7 Å². The van der Waals surface area contributed by atoms with Gasteiger partial charge in [0.15, 0.2) is 0 Å². The van der Waals surface area contributed by atoms with Gasteiger partial charge in [-0.15, -0.1) is 13.2 Å².